The molecule has 5 nitrogen and oxygen atoms in total. The zero-order valence-electron chi connectivity index (χ0n) is 39.4. The summed E-state index contributed by atoms with van der Waals surface area (Å²) in [5.41, 5.74) is 13.2. The smallest absolute Gasteiger partial charge is 0.137 e. The van der Waals surface area contributed by atoms with Crippen molar-refractivity contribution in [1.29, 1.82) is 0 Å². The van der Waals surface area contributed by atoms with Crippen molar-refractivity contribution in [3.8, 4) is 28.4 Å². The Balaban J connectivity index is 0.989. The highest BCUT2D eigenvalue weighted by atomic mass is 32.1. The standard InChI is InChI=1S/C60H56N4OS/c1-58(2,3)39-28-29-61-56(34-39)64-50-27-24-38(46-19-15-23-55-57(46)48-18-10-13-22-54(48)66-55)30-49(50)47-26-25-45(36-53(47)64)65-44-17-14-16-42(35-44)62-37-63(52-21-12-11-20-51(52)62)43-32-40(59(4,5)6)31-41(33-43)60(7,8)9/h10-36H,37H2,1-9H3. The van der Waals surface area contributed by atoms with E-state index in [-0.39, 0.29) is 16.2 Å². The number of fused-ring (bicyclic) bond motifs is 7. The van der Waals surface area contributed by atoms with E-state index in [9.17, 15) is 0 Å². The number of hydrogen-bond acceptors (Lipinski definition) is 5. The minimum absolute atomic E-state index is 0.0168. The average molecular weight is 881 g/mol. The number of hydrogen-bond donors (Lipinski definition) is 0. The van der Waals surface area contributed by atoms with Gasteiger partial charge in [-0.2, -0.15) is 0 Å². The van der Waals surface area contributed by atoms with E-state index in [1.807, 2.05) is 17.5 Å². The van der Waals surface area contributed by atoms with Crippen LogP contribution in [-0.4, -0.2) is 16.2 Å². The Morgan fingerprint density at radius 2 is 1.15 bits per heavy atom. The molecule has 3 aromatic heterocycles. The van der Waals surface area contributed by atoms with Gasteiger partial charge in [-0.15, -0.1) is 11.3 Å². The van der Waals surface area contributed by atoms with Crippen LogP contribution in [0.15, 0.2) is 164 Å². The fourth-order valence-corrected chi connectivity index (χ4v) is 10.8. The van der Waals surface area contributed by atoms with Crippen molar-refractivity contribution in [1.82, 2.24) is 9.55 Å². The summed E-state index contributed by atoms with van der Waals surface area (Å²) < 4.78 is 11.8. The number of nitrogens with zero attached hydrogens (tertiary/aromatic N) is 4. The van der Waals surface area contributed by atoms with Crippen molar-refractivity contribution < 1.29 is 4.74 Å². The second kappa shape index (κ2) is 15.4. The van der Waals surface area contributed by atoms with Gasteiger partial charge in [0.2, 0.25) is 0 Å². The third kappa shape index (κ3) is 7.28. The molecule has 0 fully saturated rings. The number of aromatic nitrogens is 2. The maximum absolute atomic E-state index is 6.86. The first-order valence-electron chi connectivity index (χ1n) is 23.1. The van der Waals surface area contributed by atoms with Crippen molar-refractivity contribution in [3.05, 3.63) is 181 Å². The van der Waals surface area contributed by atoms with Crippen LogP contribution in [0.3, 0.4) is 0 Å². The maximum atomic E-state index is 6.86. The molecule has 7 aromatic carbocycles. The van der Waals surface area contributed by atoms with Crippen LogP contribution in [0, 0.1) is 0 Å². The summed E-state index contributed by atoms with van der Waals surface area (Å²) in [6.07, 6.45) is 1.94. The van der Waals surface area contributed by atoms with Crippen molar-refractivity contribution in [2.24, 2.45) is 0 Å². The molecule has 4 heterocycles. The van der Waals surface area contributed by atoms with E-state index >= 15 is 0 Å². The molecular weight excluding hydrogens is 825 g/mol. The lowest BCUT2D eigenvalue weighted by atomic mass is 9.80. The van der Waals surface area contributed by atoms with E-state index in [2.05, 4.69) is 234 Å². The minimum Gasteiger partial charge on any atom is -0.457 e. The molecule has 10 aromatic rings. The average Bonchev–Trinajstić information content (AvgIpc) is 3.98. The predicted molar refractivity (Wildman–Crippen MR) is 282 cm³/mol. The van der Waals surface area contributed by atoms with E-state index < -0.39 is 0 Å². The molecule has 0 radical (unpaired) electrons. The zero-order valence-corrected chi connectivity index (χ0v) is 40.2. The van der Waals surface area contributed by atoms with Crippen LogP contribution < -0.4 is 14.5 Å². The highest BCUT2D eigenvalue weighted by Gasteiger charge is 2.30. The molecule has 1 aliphatic heterocycles. The van der Waals surface area contributed by atoms with Gasteiger partial charge in [-0.1, -0.05) is 123 Å². The number of ether oxygens (including phenoxy) is 1. The highest BCUT2D eigenvalue weighted by Crippen LogP contribution is 2.47. The van der Waals surface area contributed by atoms with Gasteiger partial charge in [0.15, 0.2) is 0 Å². The summed E-state index contributed by atoms with van der Waals surface area (Å²) in [7, 11) is 0. The second-order valence-corrected chi connectivity index (χ2v) is 22.1. The number of rotatable bonds is 6. The Morgan fingerprint density at radius 1 is 0.485 bits per heavy atom. The van der Waals surface area contributed by atoms with Gasteiger partial charge in [0.05, 0.1) is 22.4 Å². The fraction of sp³-hybridized carbons (Fsp3) is 0.217. The van der Waals surface area contributed by atoms with Crippen LogP contribution in [0.2, 0.25) is 0 Å². The summed E-state index contributed by atoms with van der Waals surface area (Å²) in [5, 5.41) is 4.94. The number of para-hydroxylation sites is 2. The Hall–Kier alpha value is -6.89. The Morgan fingerprint density at radius 3 is 1.89 bits per heavy atom. The van der Waals surface area contributed by atoms with Crippen molar-refractivity contribution >= 4 is 76.1 Å². The quantitative estimate of drug-likeness (QED) is 0.167. The largest absolute Gasteiger partial charge is 0.457 e. The maximum Gasteiger partial charge on any atom is 0.137 e. The summed E-state index contributed by atoms with van der Waals surface area (Å²) in [6.45, 7) is 21.3. The molecule has 0 saturated carbocycles. The van der Waals surface area contributed by atoms with Gasteiger partial charge < -0.3 is 14.5 Å². The monoisotopic (exact) mass is 880 g/mol. The third-order valence-corrected chi connectivity index (χ3v) is 14.5. The molecule has 6 heteroatoms. The summed E-state index contributed by atoms with van der Waals surface area (Å²) in [5.74, 6) is 2.43. The lowest BCUT2D eigenvalue weighted by Crippen LogP contribution is -2.25. The summed E-state index contributed by atoms with van der Waals surface area (Å²) in [4.78, 5) is 9.86. The predicted octanol–water partition coefficient (Wildman–Crippen LogP) is 17.1. The lowest BCUT2D eigenvalue weighted by molar-refractivity contribution is 0.483. The van der Waals surface area contributed by atoms with E-state index in [4.69, 9.17) is 9.72 Å². The normalized spacial score (nSPS) is 13.4. The van der Waals surface area contributed by atoms with Gasteiger partial charge in [0, 0.05) is 60.6 Å². The lowest BCUT2D eigenvalue weighted by Gasteiger charge is -2.29. The third-order valence-electron chi connectivity index (χ3n) is 13.4. The first kappa shape index (κ1) is 41.8. The molecule has 0 bridgehead atoms. The fourth-order valence-electron chi connectivity index (χ4n) is 9.64. The highest BCUT2D eigenvalue weighted by molar-refractivity contribution is 7.25. The summed E-state index contributed by atoms with van der Waals surface area (Å²) >= 11 is 1.86. The Bertz CT molecular complexity index is 3490. The molecule has 66 heavy (non-hydrogen) atoms. The molecule has 0 N–H and O–H groups in total. The minimum atomic E-state index is -0.0381. The van der Waals surface area contributed by atoms with Crippen LogP contribution in [-0.2, 0) is 16.2 Å². The number of benzene rings is 7. The topological polar surface area (TPSA) is 33.5 Å². The van der Waals surface area contributed by atoms with Crippen molar-refractivity contribution in [2.75, 3.05) is 16.5 Å². The zero-order chi connectivity index (χ0) is 45.7. The molecule has 0 saturated heterocycles. The van der Waals surface area contributed by atoms with Crippen molar-refractivity contribution in [2.45, 2.75) is 78.6 Å². The van der Waals surface area contributed by atoms with E-state index in [1.54, 1.807) is 0 Å². The molecule has 11 rings (SSSR count). The number of pyridine rings is 1. The molecule has 0 amide bonds. The first-order valence-corrected chi connectivity index (χ1v) is 23.9. The van der Waals surface area contributed by atoms with Gasteiger partial charge in [0.25, 0.3) is 0 Å². The SMILES string of the molecule is CC(C)(C)c1cc(N2CN(c3cccc(Oc4ccc5c6cc(-c7cccc8sc9ccccc9c78)ccc6n(-c6cc(C(C)(C)C)ccn6)c5c4)c3)c3ccccc32)cc(C(C)(C)C)c1. The number of thiophene rings is 1. The Kier molecular flexibility index (Phi) is 9.72. The van der Waals surface area contributed by atoms with Crippen LogP contribution in [0.4, 0.5) is 22.7 Å². The van der Waals surface area contributed by atoms with E-state index in [0.29, 0.717) is 6.67 Å². The molecule has 0 atom stereocenters. The molecular formula is C60H56N4OS. The van der Waals surface area contributed by atoms with Gasteiger partial charge >= 0.3 is 0 Å². The van der Waals surface area contributed by atoms with E-state index in [0.717, 1.165) is 39.4 Å². The summed E-state index contributed by atoms with van der Waals surface area (Å²) in [6, 6.07) is 57.7. The Labute approximate surface area is 392 Å². The van der Waals surface area contributed by atoms with Crippen molar-refractivity contribution in [3.63, 3.8) is 0 Å². The molecule has 0 aliphatic carbocycles. The van der Waals surface area contributed by atoms with Gasteiger partial charge in [-0.25, -0.2) is 4.98 Å². The van der Waals surface area contributed by atoms with Crippen LogP contribution >= 0.6 is 11.3 Å². The second-order valence-electron chi connectivity index (χ2n) is 21.0. The van der Waals surface area contributed by atoms with Gasteiger partial charge in [-0.3, -0.25) is 4.57 Å². The van der Waals surface area contributed by atoms with Crippen LogP contribution in [0.25, 0.3) is 58.9 Å². The molecule has 0 spiro atoms. The van der Waals surface area contributed by atoms with E-state index in [1.165, 1.54) is 70.4 Å². The molecule has 328 valence electrons. The van der Waals surface area contributed by atoms with Gasteiger partial charge in [0.1, 0.15) is 24.0 Å². The first-order chi connectivity index (χ1) is 31.6. The van der Waals surface area contributed by atoms with Crippen LogP contribution in [0.5, 0.6) is 11.5 Å². The number of anilines is 4. The van der Waals surface area contributed by atoms with Gasteiger partial charge in [-0.05, 0) is 129 Å². The van der Waals surface area contributed by atoms with Crippen LogP contribution in [0.1, 0.15) is 79.0 Å². The molecule has 0 unspecified atom stereocenters. The molecule has 1 aliphatic rings.